The number of nitrogens with zero attached hydrogens (tertiary/aromatic N) is 12. The van der Waals surface area contributed by atoms with E-state index in [4.69, 9.17) is 0 Å². The number of hydrogen-bond acceptors (Lipinski definition) is 18. The molecule has 105 heavy (non-hydrogen) atoms. The van der Waals surface area contributed by atoms with Gasteiger partial charge in [0.1, 0.15) is 34.3 Å². The molecular formula is C84H60N12O6Zn3. The molecule has 0 spiro atoms. The zero-order valence-corrected chi connectivity index (χ0v) is 65.5. The van der Waals surface area contributed by atoms with Crippen LogP contribution in [0.1, 0.15) is 66.8 Å². The summed E-state index contributed by atoms with van der Waals surface area (Å²) in [5, 5.41) is 125. The van der Waals surface area contributed by atoms with Crippen LogP contribution in [0.5, 0.6) is 0 Å². The first-order valence-electron chi connectivity index (χ1n) is 31.8. The van der Waals surface area contributed by atoms with E-state index in [2.05, 4.69) is 61.2 Å². The van der Waals surface area contributed by atoms with Crippen LogP contribution in [-0.2, 0) is 58.4 Å². The van der Waals surface area contributed by atoms with Gasteiger partial charge in [-0.15, -0.1) is 30.6 Å². The van der Waals surface area contributed by atoms with Crippen LogP contribution in [0.15, 0.2) is 425 Å². The van der Waals surface area contributed by atoms with E-state index in [0.29, 0.717) is 101 Å². The second-order valence-corrected chi connectivity index (χ2v) is 21.5. The molecular weight excluding hydrogens is 1470 g/mol. The molecule has 12 aromatic rings. The summed E-state index contributed by atoms with van der Waals surface area (Å²) >= 11 is 0. The fourth-order valence-electron chi connectivity index (χ4n) is 9.43. The number of hydrogen-bond donors (Lipinski definition) is 0. The van der Waals surface area contributed by atoms with E-state index in [1.54, 1.807) is 146 Å². The van der Waals surface area contributed by atoms with Gasteiger partial charge < -0.3 is 30.6 Å². The Bertz CT molecular complexity index is 4210. The van der Waals surface area contributed by atoms with Crippen molar-refractivity contribution < 1.29 is 89.1 Å². The van der Waals surface area contributed by atoms with Crippen molar-refractivity contribution in [2.75, 3.05) is 0 Å². The molecule has 12 rings (SSSR count). The Morgan fingerprint density at radius 2 is 0.210 bits per heavy atom. The van der Waals surface area contributed by atoms with Crippen molar-refractivity contribution in [2.24, 2.45) is 61.2 Å². The van der Waals surface area contributed by atoms with Crippen LogP contribution in [0.2, 0.25) is 0 Å². The van der Waals surface area contributed by atoms with Crippen LogP contribution in [0.4, 0.5) is 0 Å². The van der Waals surface area contributed by atoms with Gasteiger partial charge in [0, 0.05) is 68.8 Å². The molecule has 0 aromatic heterocycles. The van der Waals surface area contributed by atoms with E-state index >= 15 is 0 Å². The molecule has 0 saturated carbocycles. The maximum Gasteiger partial charge on any atom is 2.00 e. The maximum atomic E-state index is 12.6. The summed E-state index contributed by atoms with van der Waals surface area (Å²) in [6, 6.07) is 107. The number of rotatable bonds is 21. The second-order valence-electron chi connectivity index (χ2n) is 21.5. The van der Waals surface area contributed by atoms with Gasteiger partial charge in [-0.1, -0.05) is 364 Å². The molecule has 498 valence electrons. The molecule has 0 aliphatic carbocycles. The van der Waals surface area contributed by atoms with Gasteiger partial charge in [0.2, 0.25) is 0 Å². The Balaban J connectivity index is 0.000000217. The van der Waals surface area contributed by atoms with Crippen molar-refractivity contribution in [3.05, 3.63) is 431 Å². The van der Waals surface area contributed by atoms with Crippen LogP contribution >= 0.6 is 0 Å². The zero-order chi connectivity index (χ0) is 70.8. The molecule has 0 amide bonds. The predicted molar refractivity (Wildman–Crippen MR) is 396 cm³/mol. The molecule has 18 nitrogen and oxygen atoms in total. The normalized spacial score (nSPS) is 12.7. The van der Waals surface area contributed by atoms with Crippen LogP contribution < -0.4 is 30.6 Å². The van der Waals surface area contributed by atoms with Gasteiger partial charge in [0.25, 0.3) is 0 Å². The molecule has 0 radical (unpaired) electrons. The third kappa shape index (κ3) is 24.3. The first kappa shape index (κ1) is 79.7. The molecule has 0 aliphatic heterocycles. The summed E-state index contributed by atoms with van der Waals surface area (Å²) in [5.41, 5.74) is 8.49. The molecule has 0 unspecified atom stereocenters. The third-order valence-electron chi connectivity index (χ3n) is 14.5. The predicted octanol–water partition coefficient (Wildman–Crippen LogP) is 10.2. The van der Waals surface area contributed by atoms with Crippen molar-refractivity contribution in [2.45, 2.75) is 0 Å². The van der Waals surface area contributed by atoms with Gasteiger partial charge in [-0.3, -0.25) is 0 Å². The minimum atomic E-state index is -0.487. The summed E-state index contributed by atoms with van der Waals surface area (Å²) in [7, 11) is 0. The van der Waals surface area contributed by atoms with Gasteiger partial charge >= 0.3 is 58.4 Å². The molecule has 0 fully saturated rings. The van der Waals surface area contributed by atoms with Crippen LogP contribution in [0, 0.1) is 0 Å². The summed E-state index contributed by atoms with van der Waals surface area (Å²) in [6.07, 6.45) is 0. The first-order chi connectivity index (χ1) is 50.2. The van der Waals surface area contributed by atoms with E-state index in [1.165, 1.54) is 0 Å². The maximum absolute atomic E-state index is 12.6. The molecule has 0 N–H and O–H groups in total. The Hall–Kier alpha value is -12.6. The summed E-state index contributed by atoms with van der Waals surface area (Å²) in [6.45, 7) is 0. The third-order valence-corrected chi connectivity index (χ3v) is 14.5. The van der Waals surface area contributed by atoms with Gasteiger partial charge in [-0.05, 0) is 33.4 Å². The quantitative estimate of drug-likeness (QED) is 0.0291. The average molecular weight is 1530 g/mol. The van der Waals surface area contributed by atoms with Crippen molar-refractivity contribution in [1.82, 2.24) is 0 Å². The zero-order valence-electron chi connectivity index (χ0n) is 56.6. The van der Waals surface area contributed by atoms with Crippen molar-refractivity contribution in [1.29, 1.82) is 0 Å². The second kappa shape index (κ2) is 43.2. The summed E-state index contributed by atoms with van der Waals surface area (Å²) < 4.78 is 0. The standard InChI is InChI=1S/3C28H22N4O2.3Zn/c3*33-27(23-17-9-3-10-18-23)31-29-25(21-13-5-1-6-14-21)26(22-15-7-2-8-16-22)30-32-28(34)24-19-11-4-12-20-24;;;/h3*1-20H,(H,31,33)(H,32,34);;;/q;;;3*+2/p-6/b3*29-25-,30-26+;;;. The largest absolute Gasteiger partial charge is 2.00 e. The molecule has 0 heterocycles. The van der Waals surface area contributed by atoms with E-state index in [9.17, 15) is 30.6 Å². The fraction of sp³-hybridized carbons (Fsp3) is 0. The van der Waals surface area contributed by atoms with E-state index < -0.39 is 35.4 Å². The van der Waals surface area contributed by atoms with Gasteiger partial charge in [-0.2, -0.15) is 30.6 Å². The van der Waals surface area contributed by atoms with E-state index in [-0.39, 0.29) is 58.4 Å². The van der Waals surface area contributed by atoms with Crippen LogP contribution in [0.3, 0.4) is 0 Å². The summed E-state index contributed by atoms with van der Waals surface area (Å²) in [4.78, 5) is 0. The number of benzene rings is 12. The van der Waals surface area contributed by atoms with E-state index in [0.717, 1.165) is 0 Å². The van der Waals surface area contributed by atoms with Gasteiger partial charge in [0.15, 0.2) is 0 Å². The molecule has 0 atom stereocenters. The smallest absolute Gasteiger partial charge is 0.857 e. The molecule has 21 heteroatoms. The minimum Gasteiger partial charge on any atom is -0.857 e. The Labute approximate surface area is 645 Å². The van der Waals surface area contributed by atoms with Crippen LogP contribution in [-0.4, -0.2) is 69.7 Å². The SMILES string of the molecule is [O-]\C(=N/N=C(\C(=N\N=C(/[O-])c1ccccc1)c1ccccc1)c1ccccc1)c1ccccc1.[O-]\C(=N/N=C(\C(=N\N=C(/[O-])c1ccccc1)c1ccccc1)c1ccccc1)c1ccccc1.[O-]\C(=N/N=C(\C(=N\N=C(/[O-])c1ccccc1)c1ccccc1)c1ccccc1)c1ccccc1.[Zn+2].[Zn+2].[Zn+2]. The Kier molecular flexibility index (Phi) is 32.8. The Morgan fingerprint density at radius 1 is 0.124 bits per heavy atom. The monoisotopic (exact) mass is 1520 g/mol. The molecule has 0 saturated heterocycles. The van der Waals surface area contributed by atoms with Gasteiger partial charge in [-0.25, -0.2) is 0 Å². The fourth-order valence-corrected chi connectivity index (χ4v) is 9.43. The minimum absolute atomic E-state index is 0. The van der Waals surface area contributed by atoms with Gasteiger partial charge in [0.05, 0.1) is 0 Å². The van der Waals surface area contributed by atoms with Crippen molar-refractivity contribution in [3.8, 4) is 0 Å². The van der Waals surface area contributed by atoms with Crippen molar-refractivity contribution in [3.63, 3.8) is 0 Å². The molecule has 12 aromatic carbocycles. The summed E-state index contributed by atoms with van der Waals surface area (Å²) in [5.74, 6) is -2.92. The van der Waals surface area contributed by atoms with E-state index in [1.807, 2.05) is 218 Å². The van der Waals surface area contributed by atoms with Crippen molar-refractivity contribution >= 4 is 69.7 Å². The average Bonchev–Trinajstić information content (AvgIpc) is 0.835. The molecule has 0 aliphatic rings. The topological polar surface area (TPSA) is 287 Å². The Morgan fingerprint density at radius 3 is 0.305 bits per heavy atom. The van der Waals surface area contributed by atoms with Crippen LogP contribution in [0.25, 0.3) is 0 Å². The molecule has 0 bridgehead atoms. The first-order valence-corrected chi connectivity index (χ1v) is 31.8.